The summed E-state index contributed by atoms with van der Waals surface area (Å²) < 4.78 is 5.54. The van der Waals surface area contributed by atoms with E-state index in [1.54, 1.807) is 18.2 Å². The van der Waals surface area contributed by atoms with E-state index < -0.39 is 5.60 Å². The molecule has 0 radical (unpaired) electrons. The maximum atomic E-state index is 12.5. The summed E-state index contributed by atoms with van der Waals surface area (Å²) in [6.45, 7) is 6.12. The summed E-state index contributed by atoms with van der Waals surface area (Å²) in [5.41, 5.74) is 0.431. The van der Waals surface area contributed by atoms with Gasteiger partial charge in [0.05, 0.1) is 0 Å². The van der Waals surface area contributed by atoms with Gasteiger partial charge in [0, 0.05) is 12.6 Å². The summed E-state index contributed by atoms with van der Waals surface area (Å²) in [5, 5.41) is 9.58. The van der Waals surface area contributed by atoms with E-state index in [1.165, 1.54) is 0 Å². The molecule has 1 aromatic carbocycles. The molecule has 21 heavy (non-hydrogen) atoms. The Kier molecular flexibility index (Phi) is 4.76. The number of amides is 1. The lowest BCUT2D eigenvalue weighted by molar-refractivity contribution is 0.0144. The van der Waals surface area contributed by atoms with E-state index in [2.05, 4.69) is 0 Å². The van der Waals surface area contributed by atoms with Crippen LogP contribution in [0.1, 0.15) is 52.0 Å². The third-order valence-corrected chi connectivity index (χ3v) is 3.66. The smallest absolute Gasteiger partial charge is 0.410 e. The number of nitrogens with zero attached hydrogens (tertiary/aromatic N) is 1. The SMILES string of the molecule is CC(C)(C)OC(=O)N(Cc1cccc(O)c1)C1CCCC1. The fourth-order valence-electron chi connectivity index (χ4n) is 2.73. The van der Waals surface area contributed by atoms with Crippen LogP contribution in [0.4, 0.5) is 4.79 Å². The average Bonchev–Trinajstić information content (AvgIpc) is 2.87. The van der Waals surface area contributed by atoms with E-state index in [4.69, 9.17) is 4.74 Å². The number of phenols is 1. The Hall–Kier alpha value is -1.71. The summed E-state index contributed by atoms with van der Waals surface area (Å²) in [4.78, 5) is 14.3. The first-order valence-corrected chi connectivity index (χ1v) is 7.63. The highest BCUT2D eigenvalue weighted by molar-refractivity contribution is 5.68. The van der Waals surface area contributed by atoms with Gasteiger partial charge in [-0.2, -0.15) is 0 Å². The molecular weight excluding hydrogens is 266 g/mol. The van der Waals surface area contributed by atoms with E-state index in [0.29, 0.717) is 6.54 Å². The minimum atomic E-state index is -0.493. The predicted molar refractivity (Wildman–Crippen MR) is 82.1 cm³/mol. The summed E-state index contributed by atoms with van der Waals surface area (Å²) in [6.07, 6.45) is 4.10. The Bertz CT molecular complexity index is 487. The summed E-state index contributed by atoms with van der Waals surface area (Å²) in [6, 6.07) is 7.30. The van der Waals surface area contributed by atoms with Crippen LogP contribution >= 0.6 is 0 Å². The first kappa shape index (κ1) is 15.7. The van der Waals surface area contributed by atoms with Crippen molar-refractivity contribution >= 4 is 6.09 Å². The van der Waals surface area contributed by atoms with Gasteiger partial charge in [-0.15, -0.1) is 0 Å². The van der Waals surface area contributed by atoms with Crippen molar-refractivity contribution in [1.82, 2.24) is 4.90 Å². The minimum Gasteiger partial charge on any atom is -0.508 e. The van der Waals surface area contributed by atoms with Crippen molar-refractivity contribution in [3.8, 4) is 5.75 Å². The number of ether oxygens (including phenoxy) is 1. The Balaban J connectivity index is 2.13. The maximum Gasteiger partial charge on any atom is 0.410 e. The molecule has 0 aliphatic heterocycles. The van der Waals surface area contributed by atoms with Crippen LogP contribution in [0.25, 0.3) is 0 Å². The summed E-state index contributed by atoms with van der Waals surface area (Å²) in [5.74, 6) is 0.225. The molecule has 0 spiro atoms. The molecule has 0 unspecified atom stereocenters. The lowest BCUT2D eigenvalue weighted by atomic mass is 10.1. The van der Waals surface area contributed by atoms with Gasteiger partial charge in [0.1, 0.15) is 11.4 Å². The second kappa shape index (κ2) is 6.37. The Morgan fingerprint density at radius 2 is 2.00 bits per heavy atom. The molecular formula is C17H25NO3. The zero-order valence-electron chi connectivity index (χ0n) is 13.1. The number of hydrogen-bond donors (Lipinski definition) is 1. The molecule has 1 aromatic rings. The first-order chi connectivity index (χ1) is 9.85. The number of benzene rings is 1. The van der Waals surface area contributed by atoms with Crippen molar-refractivity contribution in [3.63, 3.8) is 0 Å². The van der Waals surface area contributed by atoms with Crippen molar-refractivity contribution in [2.75, 3.05) is 0 Å². The molecule has 1 aliphatic rings. The molecule has 0 saturated heterocycles. The largest absolute Gasteiger partial charge is 0.508 e. The highest BCUT2D eigenvalue weighted by Crippen LogP contribution is 2.27. The van der Waals surface area contributed by atoms with Gasteiger partial charge in [0.25, 0.3) is 0 Å². The second-order valence-corrected chi connectivity index (χ2v) is 6.72. The number of phenolic OH excluding ortho intramolecular Hbond substituents is 1. The normalized spacial score (nSPS) is 16.0. The van der Waals surface area contributed by atoms with E-state index in [1.807, 2.05) is 31.7 Å². The zero-order valence-corrected chi connectivity index (χ0v) is 13.1. The van der Waals surface area contributed by atoms with Crippen LogP contribution in [0.3, 0.4) is 0 Å². The molecule has 116 valence electrons. The molecule has 2 rings (SSSR count). The standard InChI is InChI=1S/C17H25NO3/c1-17(2,3)21-16(20)18(14-8-4-5-9-14)12-13-7-6-10-15(19)11-13/h6-7,10-11,14,19H,4-5,8-9,12H2,1-3H3. The van der Waals surface area contributed by atoms with E-state index in [0.717, 1.165) is 31.2 Å². The third kappa shape index (κ3) is 4.66. The quantitative estimate of drug-likeness (QED) is 0.913. The Morgan fingerprint density at radius 1 is 1.33 bits per heavy atom. The van der Waals surface area contributed by atoms with E-state index in [9.17, 15) is 9.90 Å². The molecule has 1 fully saturated rings. The van der Waals surface area contributed by atoms with Crippen LogP contribution in [0.5, 0.6) is 5.75 Å². The molecule has 0 bridgehead atoms. The predicted octanol–water partition coefficient (Wildman–Crippen LogP) is 4.07. The lowest BCUT2D eigenvalue weighted by Crippen LogP contribution is -2.41. The summed E-state index contributed by atoms with van der Waals surface area (Å²) in [7, 11) is 0. The van der Waals surface area contributed by atoms with Crippen LogP contribution in [0.15, 0.2) is 24.3 Å². The highest BCUT2D eigenvalue weighted by Gasteiger charge is 2.30. The molecule has 0 atom stereocenters. The average molecular weight is 291 g/mol. The molecule has 1 N–H and O–H groups in total. The third-order valence-electron chi connectivity index (χ3n) is 3.66. The van der Waals surface area contributed by atoms with Gasteiger partial charge in [-0.25, -0.2) is 4.79 Å². The topological polar surface area (TPSA) is 49.8 Å². The van der Waals surface area contributed by atoms with Crippen LogP contribution in [-0.4, -0.2) is 27.7 Å². The molecule has 0 heterocycles. The van der Waals surface area contributed by atoms with Gasteiger partial charge in [0.15, 0.2) is 0 Å². The monoisotopic (exact) mass is 291 g/mol. The molecule has 1 aliphatic carbocycles. The van der Waals surface area contributed by atoms with E-state index in [-0.39, 0.29) is 17.9 Å². The van der Waals surface area contributed by atoms with Crippen molar-refractivity contribution in [2.45, 2.75) is 64.6 Å². The molecule has 1 saturated carbocycles. The van der Waals surface area contributed by atoms with Crippen molar-refractivity contribution < 1.29 is 14.6 Å². The first-order valence-electron chi connectivity index (χ1n) is 7.63. The van der Waals surface area contributed by atoms with Crippen LogP contribution in [0, 0.1) is 0 Å². The van der Waals surface area contributed by atoms with Gasteiger partial charge in [-0.05, 0) is 51.3 Å². The maximum absolute atomic E-state index is 12.5. The Morgan fingerprint density at radius 3 is 2.57 bits per heavy atom. The fourth-order valence-corrected chi connectivity index (χ4v) is 2.73. The van der Waals surface area contributed by atoms with Crippen LogP contribution in [-0.2, 0) is 11.3 Å². The van der Waals surface area contributed by atoms with Crippen molar-refractivity contribution in [3.05, 3.63) is 29.8 Å². The summed E-state index contributed by atoms with van der Waals surface area (Å²) >= 11 is 0. The molecule has 0 aromatic heterocycles. The number of carbonyl (C=O) groups is 1. The van der Waals surface area contributed by atoms with Gasteiger partial charge in [0.2, 0.25) is 0 Å². The number of rotatable bonds is 3. The Labute approximate surface area is 126 Å². The van der Waals surface area contributed by atoms with Gasteiger partial charge in [-0.1, -0.05) is 25.0 Å². The van der Waals surface area contributed by atoms with Crippen LogP contribution in [0.2, 0.25) is 0 Å². The fraction of sp³-hybridized carbons (Fsp3) is 0.588. The van der Waals surface area contributed by atoms with Gasteiger partial charge >= 0.3 is 6.09 Å². The van der Waals surface area contributed by atoms with Crippen LogP contribution < -0.4 is 0 Å². The molecule has 1 amide bonds. The highest BCUT2D eigenvalue weighted by atomic mass is 16.6. The van der Waals surface area contributed by atoms with Gasteiger partial charge in [-0.3, -0.25) is 0 Å². The number of carbonyl (C=O) groups excluding carboxylic acids is 1. The minimum absolute atomic E-state index is 0.225. The zero-order chi connectivity index (χ0) is 15.5. The van der Waals surface area contributed by atoms with Crippen molar-refractivity contribution in [1.29, 1.82) is 0 Å². The van der Waals surface area contributed by atoms with Crippen molar-refractivity contribution in [2.24, 2.45) is 0 Å². The molecule has 4 heteroatoms. The second-order valence-electron chi connectivity index (χ2n) is 6.72. The molecule has 4 nitrogen and oxygen atoms in total. The lowest BCUT2D eigenvalue weighted by Gasteiger charge is -2.31. The van der Waals surface area contributed by atoms with Gasteiger partial charge < -0.3 is 14.7 Å². The van der Waals surface area contributed by atoms with E-state index >= 15 is 0 Å². The number of hydrogen-bond acceptors (Lipinski definition) is 3. The number of aromatic hydroxyl groups is 1.